The third-order valence-corrected chi connectivity index (χ3v) is 3.12. The molecule has 1 aromatic rings. The Hall–Kier alpha value is -1.29. The lowest BCUT2D eigenvalue weighted by Gasteiger charge is -2.14. The number of hydrogen-bond donors (Lipinski definition) is 2. The van der Waals surface area contributed by atoms with Gasteiger partial charge >= 0.3 is 0 Å². The first-order valence-electron chi connectivity index (χ1n) is 5.63. The number of benzene rings is 1. The molecule has 0 aromatic heterocycles. The molecule has 2 rings (SSSR count). The lowest BCUT2D eigenvalue weighted by atomic mass is 10.1. The highest BCUT2D eigenvalue weighted by atomic mass is 19.1. The molecule has 0 bridgehead atoms. The molecule has 0 radical (unpaired) electrons. The first kappa shape index (κ1) is 11.2. The van der Waals surface area contributed by atoms with Crippen molar-refractivity contribution >= 4 is 11.4 Å². The molecule has 88 valence electrons. The van der Waals surface area contributed by atoms with Gasteiger partial charge in [0.25, 0.3) is 0 Å². The summed E-state index contributed by atoms with van der Waals surface area (Å²) in [6, 6.07) is 4.87. The second-order valence-electron chi connectivity index (χ2n) is 4.50. The van der Waals surface area contributed by atoms with Gasteiger partial charge in [0.1, 0.15) is 5.82 Å². The number of nitrogens with one attached hydrogen (secondary N) is 1. The normalized spacial score (nSPS) is 21.2. The molecule has 1 saturated heterocycles. The zero-order chi connectivity index (χ0) is 11.5. The van der Waals surface area contributed by atoms with Gasteiger partial charge in [-0.25, -0.2) is 4.39 Å². The van der Waals surface area contributed by atoms with E-state index in [1.807, 2.05) is 6.07 Å². The summed E-state index contributed by atoms with van der Waals surface area (Å²) >= 11 is 0. The van der Waals surface area contributed by atoms with Crippen molar-refractivity contribution in [3.63, 3.8) is 0 Å². The Balaban J connectivity index is 1.92. The Morgan fingerprint density at radius 2 is 2.38 bits per heavy atom. The number of nitrogens with two attached hydrogens (primary N) is 1. The van der Waals surface area contributed by atoms with Gasteiger partial charge in [-0.15, -0.1) is 0 Å². The van der Waals surface area contributed by atoms with Gasteiger partial charge < -0.3 is 16.0 Å². The minimum atomic E-state index is -0.353. The fourth-order valence-electron chi connectivity index (χ4n) is 2.14. The van der Waals surface area contributed by atoms with E-state index >= 15 is 0 Å². The van der Waals surface area contributed by atoms with Crippen LogP contribution in [0.2, 0.25) is 0 Å². The van der Waals surface area contributed by atoms with Crippen LogP contribution in [0.25, 0.3) is 0 Å². The van der Waals surface area contributed by atoms with Crippen LogP contribution in [0.5, 0.6) is 0 Å². The van der Waals surface area contributed by atoms with Crippen LogP contribution in [0.3, 0.4) is 0 Å². The van der Waals surface area contributed by atoms with E-state index in [9.17, 15) is 4.39 Å². The van der Waals surface area contributed by atoms with E-state index < -0.39 is 0 Å². The van der Waals surface area contributed by atoms with E-state index in [0.717, 1.165) is 19.6 Å². The van der Waals surface area contributed by atoms with Crippen molar-refractivity contribution in [2.24, 2.45) is 5.92 Å². The van der Waals surface area contributed by atoms with E-state index in [1.54, 1.807) is 6.07 Å². The summed E-state index contributed by atoms with van der Waals surface area (Å²) in [6.07, 6.45) is 1.19. The van der Waals surface area contributed by atoms with Gasteiger partial charge in [-0.2, -0.15) is 0 Å². The highest BCUT2D eigenvalue weighted by Crippen LogP contribution is 2.22. The van der Waals surface area contributed by atoms with Gasteiger partial charge in [0.15, 0.2) is 0 Å². The van der Waals surface area contributed by atoms with Crippen LogP contribution in [-0.4, -0.2) is 31.6 Å². The maximum absolute atomic E-state index is 13.2. The topological polar surface area (TPSA) is 41.3 Å². The van der Waals surface area contributed by atoms with E-state index in [-0.39, 0.29) is 11.5 Å². The number of para-hydroxylation sites is 1. The summed E-state index contributed by atoms with van der Waals surface area (Å²) in [5.74, 6) is 0.279. The standard InChI is InChI=1S/C12H18FN3/c1-16-6-5-9(8-16)7-15-11-4-2-3-10(13)12(11)14/h2-4,9,15H,5-8,14H2,1H3. The first-order valence-corrected chi connectivity index (χ1v) is 5.63. The number of nitrogen functional groups attached to an aromatic ring is 1. The Kier molecular flexibility index (Phi) is 3.29. The molecule has 0 amide bonds. The highest BCUT2D eigenvalue weighted by molar-refractivity contribution is 5.66. The summed E-state index contributed by atoms with van der Waals surface area (Å²) in [4.78, 5) is 2.31. The largest absolute Gasteiger partial charge is 0.395 e. The summed E-state index contributed by atoms with van der Waals surface area (Å²) in [5, 5.41) is 3.22. The van der Waals surface area contributed by atoms with Crippen LogP contribution in [0.15, 0.2) is 18.2 Å². The highest BCUT2D eigenvalue weighted by Gasteiger charge is 2.19. The summed E-state index contributed by atoms with van der Waals surface area (Å²) < 4.78 is 13.2. The maximum atomic E-state index is 13.2. The van der Waals surface area contributed by atoms with Crippen LogP contribution in [0.1, 0.15) is 6.42 Å². The van der Waals surface area contributed by atoms with Crippen molar-refractivity contribution in [3.05, 3.63) is 24.0 Å². The zero-order valence-electron chi connectivity index (χ0n) is 9.54. The third kappa shape index (κ3) is 2.44. The van der Waals surface area contributed by atoms with E-state index in [2.05, 4.69) is 17.3 Å². The summed E-state index contributed by atoms with van der Waals surface area (Å²) in [7, 11) is 2.12. The van der Waals surface area contributed by atoms with Gasteiger partial charge in [-0.1, -0.05) is 6.07 Å². The molecular weight excluding hydrogens is 205 g/mol. The lowest BCUT2D eigenvalue weighted by Crippen LogP contribution is -2.19. The molecule has 0 saturated carbocycles. The second kappa shape index (κ2) is 4.70. The quantitative estimate of drug-likeness (QED) is 0.767. The Bertz CT molecular complexity index is 367. The molecular formula is C12H18FN3. The van der Waals surface area contributed by atoms with Gasteiger partial charge in [0.2, 0.25) is 0 Å². The predicted octanol–water partition coefficient (Wildman–Crippen LogP) is 1.77. The minimum absolute atomic E-state index is 0.217. The van der Waals surface area contributed by atoms with E-state index in [4.69, 9.17) is 5.73 Å². The van der Waals surface area contributed by atoms with Crippen molar-refractivity contribution < 1.29 is 4.39 Å². The van der Waals surface area contributed by atoms with Crippen molar-refractivity contribution in [3.8, 4) is 0 Å². The van der Waals surface area contributed by atoms with Crippen molar-refractivity contribution in [2.45, 2.75) is 6.42 Å². The van der Waals surface area contributed by atoms with Crippen molar-refractivity contribution in [1.82, 2.24) is 4.90 Å². The maximum Gasteiger partial charge on any atom is 0.148 e. The second-order valence-corrected chi connectivity index (χ2v) is 4.50. The molecule has 3 N–H and O–H groups in total. The fourth-order valence-corrected chi connectivity index (χ4v) is 2.14. The molecule has 3 nitrogen and oxygen atoms in total. The molecule has 4 heteroatoms. The van der Waals surface area contributed by atoms with Crippen LogP contribution >= 0.6 is 0 Å². The average Bonchev–Trinajstić information content (AvgIpc) is 2.67. The third-order valence-electron chi connectivity index (χ3n) is 3.12. The smallest absolute Gasteiger partial charge is 0.148 e. The Morgan fingerprint density at radius 1 is 1.56 bits per heavy atom. The molecule has 1 aromatic carbocycles. The summed E-state index contributed by atoms with van der Waals surface area (Å²) in [6.45, 7) is 3.10. The lowest BCUT2D eigenvalue weighted by molar-refractivity contribution is 0.399. The molecule has 0 spiro atoms. The number of rotatable bonds is 3. The van der Waals surface area contributed by atoms with E-state index in [1.165, 1.54) is 12.5 Å². The Morgan fingerprint density at radius 3 is 3.06 bits per heavy atom. The first-order chi connectivity index (χ1) is 7.66. The Labute approximate surface area is 95.4 Å². The van der Waals surface area contributed by atoms with Crippen molar-refractivity contribution in [1.29, 1.82) is 0 Å². The SMILES string of the molecule is CN1CCC(CNc2cccc(F)c2N)C1. The molecule has 1 unspecified atom stereocenters. The molecule has 0 aliphatic carbocycles. The minimum Gasteiger partial charge on any atom is -0.395 e. The number of nitrogens with zero attached hydrogens (tertiary/aromatic N) is 1. The van der Waals surface area contributed by atoms with Crippen LogP contribution in [0.4, 0.5) is 15.8 Å². The summed E-state index contributed by atoms with van der Waals surface area (Å²) in [5.41, 5.74) is 6.57. The molecule has 1 aliphatic heterocycles. The molecule has 1 atom stereocenters. The monoisotopic (exact) mass is 223 g/mol. The molecule has 1 aliphatic rings. The number of anilines is 2. The van der Waals surface area contributed by atoms with Gasteiger partial charge in [-0.05, 0) is 38.1 Å². The molecule has 1 heterocycles. The fraction of sp³-hybridized carbons (Fsp3) is 0.500. The zero-order valence-corrected chi connectivity index (χ0v) is 9.54. The number of halogens is 1. The molecule has 16 heavy (non-hydrogen) atoms. The van der Waals surface area contributed by atoms with Crippen molar-refractivity contribution in [2.75, 3.05) is 37.7 Å². The van der Waals surface area contributed by atoms with Crippen LogP contribution < -0.4 is 11.1 Å². The average molecular weight is 223 g/mol. The van der Waals surface area contributed by atoms with Gasteiger partial charge in [0.05, 0.1) is 11.4 Å². The predicted molar refractivity (Wildman–Crippen MR) is 64.9 cm³/mol. The molecule has 1 fully saturated rings. The van der Waals surface area contributed by atoms with Crippen LogP contribution in [0, 0.1) is 11.7 Å². The van der Waals surface area contributed by atoms with E-state index in [0.29, 0.717) is 11.6 Å². The van der Waals surface area contributed by atoms with Crippen LogP contribution in [-0.2, 0) is 0 Å². The number of likely N-dealkylation sites (tertiary alicyclic amines) is 1. The van der Waals surface area contributed by atoms with Gasteiger partial charge in [0, 0.05) is 13.1 Å². The number of hydrogen-bond acceptors (Lipinski definition) is 3. The van der Waals surface area contributed by atoms with Gasteiger partial charge in [-0.3, -0.25) is 0 Å².